The Hall–Kier alpha value is -3.22. The van der Waals surface area contributed by atoms with Crippen LogP contribution in [0.4, 0.5) is 17.6 Å². The summed E-state index contributed by atoms with van der Waals surface area (Å²) in [7, 11) is 0. The first kappa shape index (κ1) is 23.4. The van der Waals surface area contributed by atoms with Gasteiger partial charge in [-0.1, -0.05) is 43.7 Å². The maximum atomic E-state index is 14.4. The van der Waals surface area contributed by atoms with Crippen molar-refractivity contribution in [3.05, 3.63) is 88.5 Å². The smallest absolute Gasteiger partial charge is 0.142 e. The molecule has 6 heteroatoms. The van der Waals surface area contributed by atoms with Gasteiger partial charge in [-0.25, -0.2) is 17.6 Å². The average Bonchev–Trinajstić information content (AvgIpc) is 2.77. The molecule has 3 aromatic rings. The van der Waals surface area contributed by atoms with Crippen LogP contribution in [-0.2, 0) is 6.42 Å². The summed E-state index contributed by atoms with van der Waals surface area (Å²) in [4.78, 5) is -0.363. The maximum absolute atomic E-state index is 14.4. The van der Waals surface area contributed by atoms with Gasteiger partial charge < -0.3 is 0 Å². The lowest BCUT2D eigenvalue weighted by atomic mass is 9.99. The Balaban J connectivity index is 1.79. The third-order valence-corrected chi connectivity index (χ3v) is 5.57. The molecule has 0 bridgehead atoms. The number of halogens is 4. The van der Waals surface area contributed by atoms with Crippen molar-refractivity contribution in [1.82, 2.24) is 0 Å². The molecule has 0 heterocycles. The topological polar surface area (TPSA) is 23.8 Å². The van der Waals surface area contributed by atoms with Crippen LogP contribution in [0.5, 0.6) is 0 Å². The molecule has 0 aliphatic rings. The zero-order chi connectivity index (χ0) is 23.1. The lowest BCUT2D eigenvalue weighted by Gasteiger charge is -2.08. The predicted octanol–water partition coefficient (Wildman–Crippen LogP) is 7.62. The molecule has 0 radical (unpaired) electrons. The summed E-state index contributed by atoms with van der Waals surface area (Å²) in [6.45, 7) is 2.03. The Morgan fingerprint density at radius 1 is 0.750 bits per heavy atom. The van der Waals surface area contributed by atoms with Crippen LogP contribution in [0.25, 0.3) is 11.1 Å². The van der Waals surface area contributed by atoms with Crippen LogP contribution in [0.1, 0.15) is 42.9 Å². The number of thioether (sulfide) groups is 1. The quantitative estimate of drug-likeness (QED) is 0.126. The van der Waals surface area contributed by atoms with Crippen molar-refractivity contribution in [3.63, 3.8) is 0 Å². The molecule has 0 aliphatic carbocycles. The molecule has 0 aromatic heterocycles. The molecule has 0 amide bonds. The van der Waals surface area contributed by atoms with Crippen LogP contribution in [-0.4, -0.2) is 0 Å². The Morgan fingerprint density at radius 2 is 1.34 bits per heavy atom. The number of benzene rings is 3. The van der Waals surface area contributed by atoms with E-state index in [4.69, 9.17) is 5.26 Å². The van der Waals surface area contributed by atoms with Gasteiger partial charge in [-0.15, -0.1) is 0 Å². The number of nitriles is 1. The van der Waals surface area contributed by atoms with Gasteiger partial charge in [0, 0.05) is 16.7 Å². The van der Waals surface area contributed by atoms with Gasteiger partial charge in [0.05, 0.1) is 4.90 Å². The van der Waals surface area contributed by atoms with Crippen molar-refractivity contribution in [2.24, 2.45) is 0 Å². The third kappa shape index (κ3) is 5.72. The zero-order valence-electron chi connectivity index (χ0n) is 17.3. The SMILES string of the molecule is CCCCCc1c(F)cc(-c2ccc(C#Cc3cc(F)c(SC#N)c(F)c3)cc2)cc1F. The molecule has 0 fully saturated rings. The molecule has 32 heavy (non-hydrogen) atoms. The Kier molecular flexibility index (Phi) is 7.98. The highest BCUT2D eigenvalue weighted by Crippen LogP contribution is 2.27. The molecule has 1 nitrogen and oxygen atoms in total. The van der Waals surface area contributed by atoms with Crippen molar-refractivity contribution in [2.75, 3.05) is 0 Å². The van der Waals surface area contributed by atoms with Gasteiger partial charge in [-0.05, 0) is 72.1 Å². The van der Waals surface area contributed by atoms with Crippen LogP contribution < -0.4 is 0 Å². The number of rotatable bonds is 6. The van der Waals surface area contributed by atoms with E-state index in [9.17, 15) is 17.6 Å². The van der Waals surface area contributed by atoms with E-state index in [0.717, 1.165) is 31.4 Å². The first-order valence-electron chi connectivity index (χ1n) is 10.1. The first-order valence-corrected chi connectivity index (χ1v) is 10.9. The van der Waals surface area contributed by atoms with Crippen molar-refractivity contribution < 1.29 is 17.6 Å². The largest absolute Gasteiger partial charge is 0.207 e. The molecule has 0 aliphatic heterocycles. The number of thiocyanates is 1. The van der Waals surface area contributed by atoms with E-state index in [0.29, 0.717) is 34.9 Å². The van der Waals surface area contributed by atoms with E-state index >= 15 is 0 Å². The van der Waals surface area contributed by atoms with Crippen LogP contribution in [0, 0.1) is 45.8 Å². The minimum atomic E-state index is -0.849. The lowest BCUT2D eigenvalue weighted by Crippen LogP contribution is -1.97. The van der Waals surface area contributed by atoms with Crippen molar-refractivity contribution >= 4 is 11.8 Å². The molecule has 0 saturated heterocycles. The maximum Gasteiger partial charge on any atom is 0.142 e. The van der Waals surface area contributed by atoms with Gasteiger partial charge in [0.2, 0.25) is 0 Å². The summed E-state index contributed by atoms with van der Waals surface area (Å²) in [6, 6.07) is 11.5. The molecule has 0 spiro atoms. The van der Waals surface area contributed by atoms with Crippen molar-refractivity contribution in [3.8, 4) is 28.4 Å². The second kappa shape index (κ2) is 10.9. The molecule has 3 rings (SSSR count). The van der Waals surface area contributed by atoms with Crippen LogP contribution in [0.3, 0.4) is 0 Å². The minimum absolute atomic E-state index is 0.114. The van der Waals surface area contributed by atoms with Crippen molar-refractivity contribution in [1.29, 1.82) is 5.26 Å². The van der Waals surface area contributed by atoms with Gasteiger partial charge in [-0.2, -0.15) is 5.26 Å². The fraction of sp³-hybridized carbons (Fsp3) is 0.192. The van der Waals surface area contributed by atoms with E-state index in [1.54, 1.807) is 29.7 Å². The Morgan fingerprint density at radius 3 is 1.91 bits per heavy atom. The monoisotopic (exact) mass is 453 g/mol. The fourth-order valence-corrected chi connectivity index (χ4v) is 3.63. The fourth-order valence-electron chi connectivity index (χ4n) is 3.23. The van der Waals surface area contributed by atoms with Gasteiger partial charge in [0.25, 0.3) is 0 Å². The van der Waals surface area contributed by atoms with E-state index in [1.165, 1.54) is 12.1 Å². The van der Waals surface area contributed by atoms with E-state index in [2.05, 4.69) is 11.8 Å². The second-order valence-electron chi connectivity index (χ2n) is 7.17. The molecule has 0 unspecified atom stereocenters. The minimum Gasteiger partial charge on any atom is -0.207 e. The predicted molar refractivity (Wildman–Crippen MR) is 119 cm³/mol. The van der Waals surface area contributed by atoms with E-state index in [-0.39, 0.29) is 16.0 Å². The first-order chi connectivity index (χ1) is 15.4. The number of unbranched alkanes of at least 4 members (excludes halogenated alkanes) is 2. The van der Waals surface area contributed by atoms with Gasteiger partial charge >= 0.3 is 0 Å². The van der Waals surface area contributed by atoms with Gasteiger partial charge in [-0.3, -0.25) is 0 Å². The second-order valence-corrected chi connectivity index (χ2v) is 7.96. The van der Waals surface area contributed by atoms with Gasteiger partial charge in [0.15, 0.2) is 0 Å². The Bertz CT molecular complexity index is 1170. The van der Waals surface area contributed by atoms with E-state index < -0.39 is 23.3 Å². The Labute approximate surface area is 189 Å². The zero-order valence-corrected chi connectivity index (χ0v) is 18.1. The highest BCUT2D eigenvalue weighted by molar-refractivity contribution is 8.03. The molecular formula is C26H19F4NS. The summed E-state index contributed by atoms with van der Waals surface area (Å²) in [5, 5.41) is 10.2. The molecule has 0 atom stereocenters. The standard InChI is InChI=1S/C26H19F4NS/c1-2-3-4-5-21-22(27)14-20(15-23(21)28)19-10-8-17(9-11-19)6-7-18-12-24(29)26(32-16-31)25(30)13-18/h8-15H,2-5H2,1H3. The summed E-state index contributed by atoms with van der Waals surface area (Å²) < 4.78 is 56.6. The molecule has 3 aromatic carbocycles. The lowest BCUT2D eigenvalue weighted by molar-refractivity contribution is 0.540. The highest BCUT2D eigenvalue weighted by atomic mass is 32.2. The summed E-state index contributed by atoms with van der Waals surface area (Å²) in [6.07, 6.45) is 3.01. The van der Waals surface area contributed by atoms with Gasteiger partial charge in [0.1, 0.15) is 28.7 Å². The van der Waals surface area contributed by atoms with E-state index in [1.807, 2.05) is 6.92 Å². The van der Waals surface area contributed by atoms with Crippen molar-refractivity contribution in [2.45, 2.75) is 37.5 Å². The van der Waals surface area contributed by atoms with Crippen LogP contribution in [0.2, 0.25) is 0 Å². The molecule has 0 saturated carbocycles. The molecule has 0 N–H and O–H groups in total. The average molecular weight is 454 g/mol. The normalized spacial score (nSPS) is 10.4. The number of nitrogens with zero attached hydrogens (tertiary/aromatic N) is 1. The highest BCUT2D eigenvalue weighted by Gasteiger charge is 2.13. The summed E-state index contributed by atoms with van der Waals surface area (Å²) in [5.41, 5.74) is 1.87. The van der Waals surface area contributed by atoms with Crippen LogP contribution in [0.15, 0.2) is 53.4 Å². The third-order valence-electron chi connectivity index (χ3n) is 4.89. The summed E-state index contributed by atoms with van der Waals surface area (Å²) >= 11 is 0.413. The molecule has 162 valence electrons. The number of hydrogen-bond acceptors (Lipinski definition) is 2. The summed E-state index contributed by atoms with van der Waals surface area (Å²) in [5.74, 6) is 2.68. The van der Waals surface area contributed by atoms with Crippen LogP contribution >= 0.6 is 11.8 Å². The number of hydrogen-bond donors (Lipinski definition) is 0. The molecular weight excluding hydrogens is 434 g/mol.